The van der Waals surface area contributed by atoms with Crippen LogP contribution in [0.1, 0.15) is 47.6 Å². The zero-order valence-electron chi connectivity index (χ0n) is 18.6. The van der Waals surface area contributed by atoms with Gasteiger partial charge in [0.1, 0.15) is 41.0 Å². The normalized spacial score (nSPS) is 16.3. The first-order chi connectivity index (χ1) is 14.6. The molecule has 1 aliphatic heterocycles. The van der Waals surface area contributed by atoms with Crippen LogP contribution in [0.3, 0.4) is 0 Å². The number of amides is 1. The number of ether oxygens (including phenoxy) is 1. The molecule has 1 atom stereocenters. The Morgan fingerprint density at radius 3 is 2.70 bits per heavy atom. The minimum absolute atomic E-state index is 0. The van der Waals surface area contributed by atoms with Crippen molar-refractivity contribution in [3.8, 4) is 11.4 Å². The van der Waals surface area contributed by atoms with E-state index in [0.29, 0.717) is 17.1 Å². The zero-order valence-corrected chi connectivity index (χ0v) is 20.6. The van der Waals surface area contributed by atoms with Gasteiger partial charge in [-0.25, -0.2) is 19.0 Å². The van der Waals surface area contributed by atoms with Gasteiger partial charge in [-0.15, -0.1) is 0 Å². The van der Waals surface area contributed by atoms with E-state index in [4.69, 9.17) is 10.5 Å². The van der Waals surface area contributed by atoms with Crippen LogP contribution in [0, 0.1) is 12.7 Å². The van der Waals surface area contributed by atoms with Crippen LogP contribution in [-0.4, -0.2) is 47.4 Å². The summed E-state index contributed by atoms with van der Waals surface area (Å²) in [5.41, 5.74) is 5.94. The van der Waals surface area contributed by atoms with Crippen LogP contribution >= 0.6 is 0 Å². The summed E-state index contributed by atoms with van der Waals surface area (Å²) in [6.07, 6.45) is 1.59. The van der Waals surface area contributed by atoms with Crippen molar-refractivity contribution in [3.63, 3.8) is 0 Å². The number of rotatable bonds is 4. The number of carbonyl (C=O) groups excluding carboxylic acids is 1. The molecule has 1 aromatic carbocycles. The first kappa shape index (κ1) is 26.6. The molecule has 0 saturated carbocycles. The molecule has 1 aliphatic rings. The van der Waals surface area contributed by atoms with Crippen LogP contribution in [0.2, 0.25) is 0 Å². The van der Waals surface area contributed by atoms with Crippen molar-refractivity contribution >= 4 is 5.91 Å². The number of hydrogen-bond acceptors (Lipinski definition) is 7. The Balaban J connectivity index is 0.00000193. The number of nitrogens with one attached hydrogen (secondary N) is 1. The van der Waals surface area contributed by atoms with Crippen LogP contribution in [0.5, 0.6) is 5.75 Å². The summed E-state index contributed by atoms with van der Waals surface area (Å²) >= 11 is 0. The Morgan fingerprint density at radius 2 is 2.09 bits per heavy atom. The minimum atomic E-state index is -1.27. The number of halogens is 1. The number of hydrogen-bond donors (Lipinski definition) is 1. The molecule has 33 heavy (non-hydrogen) atoms. The van der Waals surface area contributed by atoms with Gasteiger partial charge < -0.3 is 25.8 Å². The third kappa shape index (κ3) is 4.70. The second kappa shape index (κ2) is 9.69. The van der Waals surface area contributed by atoms with E-state index in [0.717, 1.165) is 0 Å². The van der Waals surface area contributed by atoms with Crippen molar-refractivity contribution in [2.75, 3.05) is 6.61 Å². The van der Waals surface area contributed by atoms with Crippen LogP contribution in [-0.2, 0) is 16.8 Å². The van der Waals surface area contributed by atoms with E-state index in [2.05, 4.69) is 15.1 Å². The summed E-state index contributed by atoms with van der Waals surface area (Å²) in [6.45, 7) is 5.20. The van der Waals surface area contributed by atoms with Gasteiger partial charge in [-0.3, -0.25) is 9.36 Å². The molecule has 4 rings (SSSR count). The van der Waals surface area contributed by atoms with Crippen molar-refractivity contribution in [3.05, 3.63) is 69.3 Å². The number of aromatic hydroxyl groups is 1. The molecule has 0 bridgehead atoms. The quantitative estimate of drug-likeness (QED) is 0.450. The fraction of sp³-hybridized carbons (Fsp3) is 0.350. The average molecular weight is 468 g/mol. The number of benzene rings is 1. The van der Waals surface area contributed by atoms with Gasteiger partial charge in [-0.2, -0.15) is 5.10 Å². The van der Waals surface area contributed by atoms with E-state index in [1.165, 1.54) is 27.7 Å². The second-order valence-electron chi connectivity index (χ2n) is 7.81. The number of nitrogens with zero attached hydrogens (tertiary/aromatic N) is 5. The molecule has 3 aromatic rings. The van der Waals surface area contributed by atoms with E-state index < -0.39 is 40.4 Å². The molecule has 0 saturated heterocycles. The standard InChI is InChI=1S/C20H21FN6O4.Na.H2O/c1-10-23-9-24-27(10)14-7-12(21)5-4-11(14)6-13-8-31-20(2,3)19-25-15(17(22)29)16(28)18(30)26(13)19;;/h4-5,7,9,13H,6,8H2,1-3H3,(H3,22,28,29);;1H2/q;+1;/p-1. The average Bonchev–Trinajstić information content (AvgIpc) is 3.13. The van der Waals surface area contributed by atoms with Gasteiger partial charge in [-0.1, -0.05) is 6.07 Å². The SMILES string of the molecule is Cc1ncnn1-c1cc(F)ccc1CC1COC(C)(C)c2nc(C([NH-])=O)c(O)c(=O)n21.O.[Na+]. The van der Waals surface area contributed by atoms with Crippen LogP contribution in [0.4, 0.5) is 4.39 Å². The van der Waals surface area contributed by atoms with Gasteiger partial charge in [0.25, 0.3) is 5.56 Å². The van der Waals surface area contributed by atoms with Gasteiger partial charge in [0.2, 0.25) is 5.75 Å². The Hall–Kier alpha value is -2.64. The van der Waals surface area contributed by atoms with Crippen molar-refractivity contribution in [2.45, 2.75) is 38.8 Å². The molecule has 2 aromatic heterocycles. The van der Waals surface area contributed by atoms with E-state index >= 15 is 0 Å². The Labute approximate surface area is 210 Å². The number of aromatic nitrogens is 5. The molecular weight excluding hydrogens is 446 g/mol. The monoisotopic (exact) mass is 468 g/mol. The van der Waals surface area contributed by atoms with E-state index in [1.807, 2.05) is 0 Å². The van der Waals surface area contributed by atoms with Gasteiger partial charge in [-0.05, 0) is 44.9 Å². The van der Waals surface area contributed by atoms with Gasteiger partial charge >= 0.3 is 29.6 Å². The van der Waals surface area contributed by atoms with Crippen molar-refractivity contribution in [1.29, 1.82) is 0 Å². The Kier molecular flexibility index (Phi) is 7.82. The third-order valence-corrected chi connectivity index (χ3v) is 5.30. The largest absolute Gasteiger partial charge is 1.00 e. The maximum Gasteiger partial charge on any atom is 1.00 e. The predicted molar refractivity (Wildman–Crippen MR) is 110 cm³/mol. The first-order valence-corrected chi connectivity index (χ1v) is 9.51. The Bertz CT molecular complexity index is 1260. The van der Waals surface area contributed by atoms with Crippen molar-refractivity contribution < 1.29 is 54.1 Å². The maximum absolute atomic E-state index is 14.0. The van der Waals surface area contributed by atoms with E-state index in [9.17, 15) is 19.1 Å². The van der Waals surface area contributed by atoms with Gasteiger partial charge in [0.15, 0.2) is 0 Å². The summed E-state index contributed by atoms with van der Waals surface area (Å²) in [7, 11) is 0. The fourth-order valence-electron chi connectivity index (χ4n) is 3.74. The Morgan fingerprint density at radius 1 is 1.39 bits per heavy atom. The molecule has 3 heterocycles. The molecule has 0 fully saturated rings. The molecule has 1 amide bonds. The molecule has 1 unspecified atom stereocenters. The van der Waals surface area contributed by atoms with Crippen LogP contribution in [0.25, 0.3) is 11.4 Å². The number of carbonyl (C=O) groups is 1. The smallest absolute Gasteiger partial charge is 0.662 e. The minimum Gasteiger partial charge on any atom is -0.662 e. The molecule has 0 radical (unpaired) electrons. The summed E-state index contributed by atoms with van der Waals surface area (Å²) in [5.74, 6) is -1.91. The van der Waals surface area contributed by atoms with Crippen molar-refractivity contribution in [1.82, 2.24) is 24.3 Å². The van der Waals surface area contributed by atoms with Crippen LogP contribution < -0.4 is 35.1 Å². The van der Waals surface area contributed by atoms with E-state index in [-0.39, 0.29) is 53.9 Å². The summed E-state index contributed by atoms with van der Waals surface area (Å²) in [5, 5.41) is 14.3. The summed E-state index contributed by atoms with van der Waals surface area (Å²) in [4.78, 5) is 32.6. The maximum atomic E-state index is 14.0. The molecular formula is C20H22FN6NaO5. The van der Waals surface area contributed by atoms with E-state index in [1.54, 1.807) is 26.8 Å². The van der Waals surface area contributed by atoms with Gasteiger partial charge in [0.05, 0.1) is 18.3 Å². The second-order valence-corrected chi connectivity index (χ2v) is 7.81. The zero-order chi connectivity index (χ0) is 22.5. The summed E-state index contributed by atoms with van der Waals surface area (Å²) in [6, 6.07) is 3.62. The van der Waals surface area contributed by atoms with Crippen LogP contribution in [0.15, 0.2) is 29.3 Å². The molecule has 170 valence electrons. The molecule has 11 nitrogen and oxygen atoms in total. The fourth-order valence-corrected chi connectivity index (χ4v) is 3.74. The number of fused-ring (bicyclic) bond motifs is 1. The number of aryl methyl sites for hydroxylation is 1. The summed E-state index contributed by atoms with van der Waals surface area (Å²) < 4.78 is 22.7. The molecule has 13 heteroatoms. The topological polar surface area (TPSA) is 167 Å². The predicted octanol–water partition coefficient (Wildman–Crippen LogP) is -1.60. The molecule has 0 aliphatic carbocycles. The third-order valence-electron chi connectivity index (χ3n) is 5.30. The van der Waals surface area contributed by atoms with Gasteiger partial charge in [0, 0.05) is 0 Å². The molecule has 4 N–H and O–H groups in total. The first-order valence-electron chi connectivity index (χ1n) is 9.51. The van der Waals surface area contributed by atoms with Crippen molar-refractivity contribution in [2.24, 2.45) is 0 Å². The molecule has 0 spiro atoms.